The summed E-state index contributed by atoms with van der Waals surface area (Å²) < 4.78 is 5.40. The second-order valence-corrected chi connectivity index (χ2v) is 7.87. The van der Waals surface area contributed by atoms with Crippen molar-refractivity contribution in [1.29, 1.82) is 0 Å². The molecule has 7 heteroatoms. The maximum absolute atomic E-state index is 13.2. The van der Waals surface area contributed by atoms with Gasteiger partial charge in [0.05, 0.1) is 17.1 Å². The van der Waals surface area contributed by atoms with Crippen molar-refractivity contribution < 1.29 is 9.21 Å². The highest BCUT2D eigenvalue weighted by atomic mass is 16.3. The van der Waals surface area contributed by atoms with Crippen molar-refractivity contribution in [3.05, 3.63) is 72.0 Å². The summed E-state index contributed by atoms with van der Waals surface area (Å²) in [6, 6.07) is 11.8. The van der Waals surface area contributed by atoms with Crippen LogP contribution in [0.15, 0.2) is 65.2 Å². The smallest absolute Gasteiger partial charge is 0.270 e. The Bertz CT molecular complexity index is 1220. The molecule has 1 amide bonds. The minimum Gasteiger partial charge on any atom is -0.443 e. The normalized spacial score (nSPS) is 16.4. The van der Waals surface area contributed by atoms with Crippen LogP contribution in [0.3, 0.4) is 0 Å². The second-order valence-electron chi connectivity index (χ2n) is 7.87. The molecule has 0 radical (unpaired) electrons. The molecule has 0 unspecified atom stereocenters. The van der Waals surface area contributed by atoms with Gasteiger partial charge in [0.1, 0.15) is 11.2 Å². The van der Waals surface area contributed by atoms with E-state index in [9.17, 15) is 4.79 Å². The summed E-state index contributed by atoms with van der Waals surface area (Å²) in [6.07, 6.45) is 8.41. The Kier molecular flexibility index (Phi) is 5.16. The van der Waals surface area contributed by atoms with Crippen LogP contribution in [-0.2, 0) is 6.54 Å². The van der Waals surface area contributed by atoms with E-state index in [1.165, 1.54) is 12.1 Å². The molecule has 1 aliphatic carbocycles. The van der Waals surface area contributed by atoms with Gasteiger partial charge in [-0.15, -0.1) is 0 Å². The van der Waals surface area contributed by atoms with Gasteiger partial charge in [0, 0.05) is 25.0 Å². The van der Waals surface area contributed by atoms with Crippen LogP contribution in [0.5, 0.6) is 0 Å². The molecule has 1 aliphatic rings. The predicted octanol–water partition coefficient (Wildman–Crippen LogP) is 4.39. The Labute approximate surface area is 180 Å². The van der Waals surface area contributed by atoms with E-state index < -0.39 is 0 Å². The first kappa shape index (κ1) is 19.4. The number of benzene rings is 1. The molecule has 2 N–H and O–H groups in total. The van der Waals surface area contributed by atoms with E-state index in [0.29, 0.717) is 18.8 Å². The monoisotopic (exact) mass is 415 g/mol. The average molecular weight is 415 g/mol. The van der Waals surface area contributed by atoms with Gasteiger partial charge in [0.2, 0.25) is 0 Å². The number of pyridine rings is 1. The van der Waals surface area contributed by atoms with Gasteiger partial charge in [-0.25, -0.2) is 4.98 Å². The van der Waals surface area contributed by atoms with Crippen LogP contribution >= 0.6 is 0 Å². The fraction of sp³-hybridized carbons (Fsp3) is 0.292. The molecular weight excluding hydrogens is 390 g/mol. The quantitative estimate of drug-likeness (QED) is 0.488. The Hall–Kier alpha value is -3.61. The Balaban J connectivity index is 1.30. The number of hydrogen-bond acceptors (Lipinski definition) is 5. The molecular formula is C24H25N5O2. The molecule has 0 fully saturated rings. The summed E-state index contributed by atoms with van der Waals surface area (Å²) in [5.41, 5.74) is 6.26. The van der Waals surface area contributed by atoms with E-state index in [2.05, 4.69) is 32.4 Å². The van der Waals surface area contributed by atoms with Gasteiger partial charge in [0.15, 0.2) is 12.0 Å². The molecule has 0 bridgehead atoms. The lowest BCUT2D eigenvalue weighted by molar-refractivity contribution is 0.0706. The molecule has 31 heavy (non-hydrogen) atoms. The van der Waals surface area contributed by atoms with Crippen molar-refractivity contribution in [2.45, 2.75) is 38.8 Å². The van der Waals surface area contributed by atoms with Crippen LogP contribution in [0, 0.1) is 0 Å². The minimum atomic E-state index is 0.0128. The van der Waals surface area contributed by atoms with Gasteiger partial charge in [-0.3, -0.25) is 9.78 Å². The van der Waals surface area contributed by atoms with E-state index in [1.54, 1.807) is 6.20 Å². The molecule has 5 rings (SSSR count). The largest absolute Gasteiger partial charge is 0.443 e. The third kappa shape index (κ3) is 3.91. The van der Waals surface area contributed by atoms with E-state index >= 15 is 0 Å². The molecule has 4 aromatic rings. The van der Waals surface area contributed by atoms with Crippen LogP contribution < -0.4 is 5.32 Å². The molecule has 1 atom stereocenters. The van der Waals surface area contributed by atoms with Crippen molar-refractivity contribution >= 4 is 28.0 Å². The molecule has 1 aromatic carbocycles. The number of aromatic amines is 1. The van der Waals surface area contributed by atoms with Crippen molar-refractivity contribution in [1.82, 2.24) is 25.2 Å². The summed E-state index contributed by atoms with van der Waals surface area (Å²) in [7, 11) is 0. The zero-order valence-corrected chi connectivity index (χ0v) is 17.5. The number of nitrogens with one attached hydrogen (secondary N) is 2. The molecule has 7 nitrogen and oxygen atoms in total. The maximum Gasteiger partial charge on any atom is 0.270 e. The van der Waals surface area contributed by atoms with Gasteiger partial charge >= 0.3 is 0 Å². The fourth-order valence-electron chi connectivity index (χ4n) is 4.27. The van der Waals surface area contributed by atoms with Crippen LogP contribution in [-0.4, -0.2) is 38.3 Å². The summed E-state index contributed by atoms with van der Waals surface area (Å²) in [6.45, 7) is 3.39. The topological polar surface area (TPSA) is 87.0 Å². The fourth-order valence-corrected chi connectivity index (χ4v) is 4.27. The van der Waals surface area contributed by atoms with Gasteiger partial charge in [-0.05, 0) is 68.2 Å². The summed E-state index contributed by atoms with van der Waals surface area (Å²) in [5, 5.41) is 3.55. The Morgan fingerprint density at radius 3 is 3.06 bits per heavy atom. The van der Waals surface area contributed by atoms with Crippen LogP contribution in [0.1, 0.15) is 42.2 Å². The predicted molar refractivity (Wildman–Crippen MR) is 119 cm³/mol. The number of hydrogen-bond donors (Lipinski definition) is 2. The van der Waals surface area contributed by atoms with E-state index in [-0.39, 0.29) is 11.9 Å². The first-order chi connectivity index (χ1) is 15.2. The molecule has 3 aromatic heterocycles. The molecule has 0 aliphatic heterocycles. The molecule has 3 heterocycles. The van der Waals surface area contributed by atoms with Crippen LogP contribution in [0.25, 0.3) is 22.1 Å². The van der Waals surface area contributed by atoms with Crippen molar-refractivity contribution in [3.63, 3.8) is 0 Å². The van der Waals surface area contributed by atoms with Gasteiger partial charge in [-0.1, -0.05) is 6.07 Å². The highest BCUT2D eigenvalue weighted by Gasteiger charge is 2.25. The number of allylic oxidation sites excluding steroid dienone is 1. The van der Waals surface area contributed by atoms with E-state index in [1.807, 2.05) is 42.2 Å². The lowest BCUT2D eigenvalue weighted by atomic mass is 9.98. The number of carbonyl (C=O) groups is 1. The zero-order valence-electron chi connectivity index (χ0n) is 17.5. The summed E-state index contributed by atoms with van der Waals surface area (Å²) >= 11 is 0. The van der Waals surface area contributed by atoms with E-state index in [0.717, 1.165) is 47.0 Å². The molecule has 0 saturated carbocycles. The number of fused-ring (bicyclic) bond motifs is 2. The lowest BCUT2D eigenvalue weighted by Gasteiger charge is -2.32. The number of H-pyrrole nitrogens is 1. The SMILES string of the molecule is CCN(C(=O)c1cc2ncccc2[nH]1)[C@@H]1C=C(NCc2ccc3ncoc3c2)CCC1. The molecule has 158 valence electrons. The number of amides is 1. The third-order valence-electron chi connectivity index (χ3n) is 5.88. The average Bonchev–Trinajstić information content (AvgIpc) is 3.45. The number of oxazole rings is 1. The number of aromatic nitrogens is 3. The van der Waals surface area contributed by atoms with Gasteiger partial charge in [-0.2, -0.15) is 0 Å². The van der Waals surface area contributed by atoms with Crippen LogP contribution in [0.2, 0.25) is 0 Å². The van der Waals surface area contributed by atoms with Gasteiger partial charge in [0.25, 0.3) is 5.91 Å². The van der Waals surface area contributed by atoms with Gasteiger partial charge < -0.3 is 19.6 Å². The number of rotatable bonds is 6. The van der Waals surface area contributed by atoms with Crippen molar-refractivity contribution in [2.24, 2.45) is 0 Å². The highest BCUT2D eigenvalue weighted by molar-refractivity contribution is 5.97. The zero-order chi connectivity index (χ0) is 21.2. The summed E-state index contributed by atoms with van der Waals surface area (Å²) in [5.74, 6) is 0.0128. The van der Waals surface area contributed by atoms with Crippen LogP contribution in [0.4, 0.5) is 0 Å². The highest BCUT2D eigenvalue weighted by Crippen LogP contribution is 2.24. The maximum atomic E-state index is 13.2. The lowest BCUT2D eigenvalue weighted by Crippen LogP contribution is -2.41. The Morgan fingerprint density at radius 2 is 2.19 bits per heavy atom. The van der Waals surface area contributed by atoms with Crippen molar-refractivity contribution in [2.75, 3.05) is 6.54 Å². The number of likely N-dealkylation sites (N-methyl/N-ethyl adjacent to an activating group) is 1. The Morgan fingerprint density at radius 1 is 1.26 bits per heavy atom. The summed E-state index contributed by atoms with van der Waals surface area (Å²) in [4.78, 5) is 26.9. The first-order valence-electron chi connectivity index (χ1n) is 10.7. The molecule has 0 saturated heterocycles. The van der Waals surface area contributed by atoms with E-state index in [4.69, 9.17) is 4.42 Å². The minimum absolute atomic E-state index is 0.0128. The number of carbonyl (C=O) groups excluding carboxylic acids is 1. The number of nitrogens with zero attached hydrogens (tertiary/aromatic N) is 3. The third-order valence-corrected chi connectivity index (χ3v) is 5.88. The van der Waals surface area contributed by atoms with Crippen molar-refractivity contribution in [3.8, 4) is 0 Å². The first-order valence-corrected chi connectivity index (χ1v) is 10.7. The standard InChI is InChI=1S/C24H25N5O2/c1-2-29(24(30)22-13-21-19(28-22)7-4-10-25-21)18-6-3-5-17(12-18)26-14-16-8-9-20-23(11-16)31-15-27-20/h4,7-13,15,18,26,28H,2-3,5-6,14H2,1H3/t18-/m0/s1. The second kappa shape index (κ2) is 8.26. The molecule has 0 spiro atoms.